The van der Waals surface area contributed by atoms with Crippen molar-refractivity contribution in [1.29, 1.82) is 0 Å². The van der Waals surface area contributed by atoms with Gasteiger partial charge in [-0.05, 0) is 38.0 Å². The first kappa shape index (κ1) is 18.5. The second-order valence-corrected chi connectivity index (χ2v) is 7.03. The van der Waals surface area contributed by atoms with Crippen molar-refractivity contribution in [3.63, 3.8) is 0 Å². The minimum atomic E-state index is -0.304. The largest absolute Gasteiger partial charge is 0.465 e. The summed E-state index contributed by atoms with van der Waals surface area (Å²) in [7, 11) is 0. The van der Waals surface area contributed by atoms with Gasteiger partial charge in [0, 0.05) is 10.9 Å². The van der Waals surface area contributed by atoms with E-state index in [0.29, 0.717) is 11.7 Å². The number of esters is 1. The lowest BCUT2D eigenvalue weighted by Gasteiger charge is -2.03. The van der Waals surface area contributed by atoms with Gasteiger partial charge in [-0.1, -0.05) is 12.1 Å². The lowest BCUT2D eigenvalue weighted by molar-refractivity contribution is -0.139. The van der Waals surface area contributed by atoms with E-state index in [-0.39, 0.29) is 23.4 Å². The molecule has 2 aromatic rings. The first-order valence-corrected chi connectivity index (χ1v) is 9.59. The van der Waals surface area contributed by atoms with Crippen LogP contribution in [0, 0.1) is 13.8 Å². The average Bonchev–Trinajstić information content (AvgIpc) is 2.98. The van der Waals surface area contributed by atoms with Crippen LogP contribution in [0.3, 0.4) is 0 Å². The molecular formula is C17H20N2O3S2. The molecule has 0 bridgehead atoms. The topological polar surface area (TPSA) is 68.3 Å². The van der Waals surface area contributed by atoms with E-state index < -0.39 is 0 Å². The molecule has 1 aromatic carbocycles. The van der Waals surface area contributed by atoms with Crippen LogP contribution in [-0.4, -0.2) is 35.0 Å². The fourth-order valence-electron chi connectivity index (χ4n) is 1.95. The molecule has 1 heterocycles. The number of nitrogens with one attached hydrogen (secondary N) is 1. The zero-order valence-corrected chi connectivity index (χ0v) is 15.6. The molecule has 128 valence electrons. The van der Waals surface area contributed by atoms with Gasteiger partial charge in [0.05, 0.1) is 23.8 Å². The van der Waals surface area contributed by atoms with Gasteiger partial charge in [0.25, 0.3) is 0 Å². The van der Waals surface area contributed by atoms with Gasteiger partial charge in [-0.25, -0.2) is 4.98 Å². The van der Waals surface area contributed by atoms with Gasteiger partial charge in [0.2, 0.25) is 5.91 Å². The molecule has 0 saturated heterocycles. The SMILES string of the molecule is CCOC(=O)CSCC(=O)Nc1nc(-c2ccc(C)c(C)c2)cs1. The molecule has 0 aliphatic rings. The first-order valence-electron chi connectivity index (χ1n) is 7.56. The Kier molecular flexibility index (Phi) is 6.81. The molecule has 1 aromatic heterocycles. The molecule has 1 N–H and O–H groups in total. The second-order valence-electron chi connectivity index (χ2n) is 5.18. The fourth-order valence-corrected chi connectivity index (χ4v) is 3.30. The van der Waals surface area contributed by atoms with Crippen LogP contribution in [0.15, 0.2) is 23.6 Å². The lowest BCUT2D eigenvalue weighted by atomic mass is 10.1. The number of aromatic nitrogens is 1. The quantitative estimate of drug-likeness (QED) is 0.759. The van der Waals surface area contributed by atoms with Crippen molar-refractivity contribution in [1.82, 2.24) is 4.98 Å². The Hall–Kier alpha value is -1.86. The second kappa shape index (κ2) is 8.84. The number of carbonyl (C=O) groups excluding carboxylic acids is 2. The lowest BCUT2D eigenvalue weighted by Crippen LogP contribution is -2.16. The van der Waals surface area contributed by atoms with Crippen molar-refractivity contribution in [2.45, 2.75) is 20.8 Å². The van der Waals surface area contributed by atoms with E-state index >= 15 is 0 Å². The number of hydrogen-bond acceptors (Lipinski definition) is 6. The highest BCUT2D eigenvalue weighted by molar-refractivity contribution is 8.00. The molecule has 0 fully saturated rings. The molecule has 0 aliphatic carbocycles. The minimum absolute atomic E-state index is 0.174. The molecule has 1 amide bonds. The number of carbonyl (C=O) groups is 2. The van der Waals surface area contributed by atoms with Crippen LogP contribution in [0.2, 0.25) is 0 Å². The predicted molar refractivity (Wildman–Crippen MR) is 99.6 cm³/mol. The van der Waals surface area contributed by atoms with Crippen LogP contribution in [0.5, 0.6) is 0 Å². The van der Waals surface area contributed by atoms with E-state index in [9.17, 15) is 9.59 Å². The normalized spacial score (nSPS) is 10.5. The predicted octanol–water partition coefficient (Wildman–Crippen LogP) is 3.66. The molecule has 2 rings (SSSR count). The van der Waals surface area contributed by atoms with Gasteiger partial charge in [0.1, 0.15) is 0 Å². The summed E-state index contributed by atoms with van der Waals surface area (Å²) in [5, 5.41) is 5.24. The summed E-state index contributed by atoms with van der Waals surface area (Å²) in [5.41, 5.74) is 4.33. The third kappa shape index (κ3) is 5.35. The molecule has 0 unspecified atom stereocenters. The molecule has 0 saturated carbocycles. The fraction of sp³-hybridized carbons (Fsp3) is 0.353. The standard InChI is InChI=1S/C17H20N2O3S2/c1-4-22-16(21)10-23-9-15(20)19-17-18-14(8-24-17)13-6-5-11(2)12(3)7-13/h5-8H,4,9-10H2,1-3H3,(H,18,19,20). The number of anilines is 1. The molecule has 0 aliphatic heterocycles. The summed E-state index contributed by atoms with van der Waals surface area (Å²) in [6.45, 7) is 6.24. The van der Waals surface area contributed by atoms with Crippen LogP contribution in [0.4, 0.5) is 5.13 Å². The van der Waals surface area contributed by atoms with E-state index in [4.69, 9.17) is 4.74 Å². The number of thiazole rings is 1. The van der Waals surface area contributed by atoms with Crippen LogP contribution < -0.4 is 5.32 Å². The molecule has 0 spiro atoms. The number of benzene rings is 1. The van der Waals surface area contributed by atoms with E-state index in [1.807, 2.05) is 11.4 Å². The van der Waals surface area contributed by atoms with Gasteiger partial charge < -0.3 is 10.1 Å². The molecular weight excluding hydrogens is 344 g/mol. The molecule has 24 heavy (non-hydrogen) atoms. The summed E-state index contributed by atoms with van der Waals surface area (Å²) in [6.07, 6.45) is 0. The Bertz CT molecular complexity index is 728. The highest BCUT2D eigenvalue weighted by atomic mass is 32.2. The maximum absolute atomic E-state index is 11.9. The van der Waals surface area contributed by atoms with Crippen LogP contribution in [0.1, 0.15) is 18.1 Å². The number of nitrogens with zero attached hydrogens (tertiary/aromatic N) is 1. The summed E-state index contributed by atoms with van der Waals surface area (Å²) in [4.78, 5) is 27.5. The smallest absolute Gasteiger partial charge is 0.315 e. The average molecular weight is 364 g/mol. The Morgan fingerprint density at radius 2 is 2.04 bits per heavy atom. The summed E-state index contributed by atoms with van der Waals surface area (Å²) in [5.74, 6) is -0.114. The maximum atomic E-state index is 11.9. The molecule has 0 radical (unpaired) electrons. The van der Waals surface area contributed by atoms with Crippen molar-refractivity contribution in [3.05, 3.63) is 34.7 Å². The number of hydrogen-bond donors (Lipinski definition) is 1. The molecule has 0 atom stereocenters. The van der Waals surface area contributed by atoms with Crippen LogP contribution in [-0.2, 0) is 14.3 Å². The van der Waals surface area contributed by atoms with E-state index in [1.165, 1.54) is 34.2 Å². The van der Waals surface area contributed by atoms with Crippen molar-refractivity contribution in [2.24, 2.45) is 0 Å². The number of thioether (sulfide) groups is 1. The van der Waals surface area contributed by atoms with E-state index in [1.54, 1.807) is 6.92 Å². The van der Waals surface area contributed by atoms with E-state index in [0.717, 1.165) is 11.3 Å². The summed E-state index contributed by atoms with van der Waals surface area (Å²) < 4.78 is 4.81. The Balaban J connectivity index is 1.88. The van der Waals surface area contributed by atoms with E-state index in [2.05, 4.69) is 36.3 Å². The maximum Gasteiger partial charge on any atom is 0.315 e. The van der Waals surface area contributed by atoms with Gasteiger partial charge in [-0.2, -0.15) is 0 Å². The zero-order chi connectivity index (χ0) is 17.5. The van der Waals surface area contributed by atoms with Crippen molar-refractivity contribution in [3.8, 4) is 11.3 Å². The summed E-state index contributed by atoms with van der Waals surface area (Å²) >= 11 is 2.61. The van der Waals surface area contributed by atoms with Gasteiger partial charge in [-0.15, -0.1) is 23.1 Å². The van der Waals surface area contributed by atoms with Gasteiger partial charge in [-0.3, -0.25) is 9.59 Å². The number of rotatable bonds is 7. The monoisotopic (exact) mass is 364 g/mol. The summed E-state index contributed by atoms with van der Waals surface area (Å²) in [6, 6.07) is 6.18. The first-order chi connectivity index (χ1) is 11.5. The van der Waals surface area contributed by atoms with Crippen molar-refractivity contribution < 1.29 is 14.3 Å². The van der Waals surface area contributed by atoms with Gasteiger partial charge in [0.15, 0.2) is 5.13 Å². The highest BCUT2D eigenvalue weighted by Crippen LogP contribution is 2.26. The minimum Gasteiger partial charge on any atom is -0.465 e. The highest BCUT2D eigenvalue weighted by Gasteiger charge is 2.10. The zero-order valence-electron chi connectivity index (χ0n) is 13.9. The van der Waals surface area contributed by atoms with Crippen LogP contribution in [0.25, 0.3) is 11.3 Å². The van der Waals surface area contributed by atoms with Crippen molar-refractivity contribution >= 4 is 40.1 Å². The number of amides is 1. The Morgan fingerprint density at radius 1 is 1.25 bits per heavy atom. The number of ether oxygens (including phenoxy) is 1. The Morgan fingerprint density at radius 3 is 2.75 bits per heavy atom. The van der Waals surface area contributed by atoms with Gasteiger partial charge >= 0.3 is 5.97 Å². The van der Waals surface area contributed by atoms with Crippen LogP contribution >= 0.6 is 23.1 Å². The third-order valence-corrected chi connectivity index (χ3v) is 4.98. The Labute approximate surface area is 149 Å². The van der Waals surface area contributed by atoms with Crippen molar-refractivity contribution in [2.75, 3.05) is 23.4 Å². The third-order valence-electron chi connectivity index (χ3n) is 3.31. The molecule has 5 nitrogen and oxygen atoms in total. The number of aryl methyl sites for hydroxylation is 2. The molecule has 7 heteroatoms.